The summed E-state index contributed by atoms with van der Waals surface area (Å²) in [6.45, 7) is 4.46. The van der Waals surface area contributed by atoms with Gasteiger partial charge in [-0.15, -0.1) is 11.6 Å². The number of unbranched alkanes of at least 4 members (excludes halogenated alkanes) is 10. The second kappa shape index (κ2) is 14.4. The first-order chi connectivity index (χ1) is 8.31. The van der Waals surface area contributed by atoms with Crippen molar-refractivity contribution in [3.63, 3.8) is 0 Å². The Morgan fingerprint density at radius 2 is 1.06 bits per heavy atom. The summed E-state index contributed by atoms with van der Waals surface area (Å²) in [7, 11) is 0. The highest BCUT2D eigenvalue weighted by atomic mass is 35.5. The molecular formula is C16H33Cl. The van der Waals surface area contributed by atoms with E-state index in [1.165, 1.54) is 77.0 Å². The van der Waals surface area contributed by atoms with Crippen molar-refractivity contribution in [1.29, 1.82) is 0 Å². The van der Waals surface area contributed by atoms with E-state index >= 15 is 0 Å². The summed E-state index contributed by atoms with van der Waals surface area (Å²) in [5.41, 5.74) is 0. The lowest BCUT2D eigenvalue weighted by molar-refractivity contribution is 0.539. The van der Waals surface area contributed by atoms with Crippen LogP contribution in [0, 0.1) is 0 Å². The normalized spacial score (nSPS) is 12.9. The summed E-state index contributed by atoms with van der Waals surface area (Å²) in [5.74, 6) is 0. The molecule has 0 aromatic carbocycles. The average molecular weight is 261 g/mol. The molecule has 0 aliphatic rings. The molecule has 0 aliphatic carbocycles. The summed E-state index contributed by atoms with van der Waals surface area (Å²) in [6, 6.07) is 0. The van der Waals surface area contributed by atoms with Crippen molar-refractivity contribution in [2.24, 2.45) is 0 Å². The van der Waals surface area contributed by atoms with Gasteiger partial charge in [-0.05, 0) is 12.8 Å². The van der Waals surface area contributed by atoms with Crippen LogP contribution in [-0.2, 0) is 0 Å². The maximum absolute atomic E-state index is 6.09. The minimum atomic E-state index is 0.425. The van der Waals surface area contributed by atoms with Gasteiger partial charge in [-0.2, -0.15) is 0 Å². The second-order valence-corrected chi connectivity index (χ2v) is 5.95. The van der Waals surface area contributed by atoms with Crippen molar-refractivity contribution in [2.45, 2.75) is 103 Å². The van der Waals surface area contributed by atoms with Crippen molar-refractivity contribution >= 4 is 11.6 Å². The van der Waals surface area contributed by atoms with E-state index in [9.17, 15) is 0 Å². The molecule has 17 heavy (non-hydrogen) atoms. The van der Waals surface area contributed by atoms with E-state index in [-0.39, 0.29) is 0 Å². The average Bonchev–Trinajstić information content (AvgIpc) is 2.35. The predicted molar refractivity (Wildman–Crippen MR) is 81.0 cm³/mol. The van der Waals surface area contributed by atoms with Gasteiger partial charge in [0.1, 0.15) is 0 Å². The van der Waals surface area contributed by atoms with Crippen LogP contribution in [0.2, 0.25) is 0 Å². The lowest BCUT2D eigenvalue weighted by atomic mass is 10.0. The summed E-state index contributed by atoms with van der Waals surface area (Å²) in [6.07, 6.45) is 18.0. The van der Waals surface area contributed by atoms with E-state index < -0.39 is 0 Å². The Morgan fingerprint density at radius 3 is 1.47 bits per heavy atom. The minimum absolute atomic E-state index is 0.425. The van der Waals surface area contributed by atoms with Crippen LogP contribution in [0.3, 0.4) is 0 Å². The molecule has 0 spiro atoms. The van der Waals surface area contributed by atoms with Crippen LogP contribution >= 0.6 is 11.6 Å². The van der Waals surface area contributed by atoms with Crippen molar-refractivity contribution in [3.05, 3.63) is 0 Å². The molecule has 1 heteroatoms. The van der Waals surface area contributed by atoms with Crippen LogP contribution in [0.25, 0.3) is 0 Å². The van der Waals surface area contributed by atoms with E-state index in [0.717, 1.165) is 6.42 Å². The van der Waals surface area contributed by atoms with Crippen molar-refractivity contribution in [2.75, 3.05) is 0 Å². The highest BCUT2D eigenvalue weighted by Crippen LogP contribution is 2.15. The minimum Gasteiger partial charge on any atom is -0.123 e. The molecule has 0 rings (SSSR count). The highest BCUT2D eigenvalue weighted by Gasteiger charge is 2.00. The molecule has 0 aromatic heterocycles. The molecule has 0 amide bonds. The zero-order chi connectivity index (χ0) is 12.8. The van der Waals surface area contributed by atoms with Gasteiger partial charge in [-0.25, -0.2) is 0 Å². The van der Waals surface area contributed by atoms with Crippen molar-refractivity contribution in [3.8, 4) is 0 Å². The molecule has 0 radical (unpaired) electrons. The Balaban J connectivity index is 2.94. The van der Waals surface area contributed by atoms with Gasteiger partial charge in [0, 0.05) is 5.38 Å². The molecule has 0 aliphatic heterocycles. The van der Waals surface area contributed by atoms with Crippen LogP contribution in [0.15, 0.2) is 0 Å². The number of halogens is 1. The van der Waals surface area contributed by atoms with E-state index in [1.54, 1.807) is 0 Å². The first kappa shape index (κ1) is 17.3. The van der Waals surface area contributed by atoms with Crippen molar-refractivity contribution < 1.29 is 0 Å². The van der Waals surface area contributed by atoms with E-state index in [2.05, 4.69) is 13.8 Å². The van der Waals surface area contributed by atoms with E-state index in [0.29, 0.717) is 5.38 Å². The Kier molecular flexibility index (Phi) is 14.6. The molecule has 1 atom stereocenters. The number of hydrogen-bond acceptors (Lipinski definition) is 0. The van der Waals surface area contributed by atoms with Crippen LogP contribution in [0.1, 0.15) is 97.3 Å². The number of hydrogen-bond donors (Lipinski definition) is 0. The third-order valence-corrected chi connectivity index (χ3v) is 4.09. The largest absolute Gasteiger partial charge is 0.123 e. The maximum Gasteiger partial charge on any atom is 0.0333 e. The van der Waals surface area contributed by atoms with Gasteiger partial charge in [0.25, 0.3) is 0 Å². The third kappa shape index (κ3) is 14.2. The van der Waals surface area contributed by atoms with Crippen molar-refractivity contribution in [1.82, 2.24) is 0 Å². The molecule has 0 fully saturated rings. The summed E-state index contributed by atoms with van der Waals surface area (Å²) in [5, 5.41) is 0.425. The lowest BCUT2D eigenvalue weighted by Gasteiger charge is -2.05. The Labute approximate surface area is 115 Å². The molecule has 0 saturated carbocycles. The fourth-order valence-corrected chi connectivity index (χ4v) is 2.39. The Morgan fingerprint density at radius 1 is 0.647 bits per heavy atom. The van der Waals surface area contributed by atoms with Crippen LogP contribution in [0.5, 0.6) is 0 Å². The monoisotopic (exact) mass is 260 g/mol. The SMILES string of the molecule is CCCCCCCCCCCCCC(Cl)CC. The van der Waals surface area contributed by atoms with Gasteiger partial charge in [-0.3, -0.25) is 0 Å². The van der Waals surface area contributed by atoms with Gasteiger partial charge < -0.3 is 0 Å². The molecular weight excluding hydrogens is 228 g/mol. The van der Waals surface area contributed by atoms with E-state index in [4.69, 9.17) is 11.6 Å². The number of rotatable bonds is 13. The van der Waals surface area contributed by atoms with Crippen LogP contribution < -0.4 is 0 Å². The van der Waals surface area contributed by atoms with Gasteiger partial charge in [-0.1, -0.05) is 84.5 Å². The summed E-state index contributed by atoms with van der Waals surface area (Å²) in [4.78, 5) is 0. The molecule has 0 saturated heterocycles. The van der Waals surface area contributed by atoms with Gasteiger partial charge in [0.2, 0.25) is 0 Å². The molecule has 0 heterocycles. The fourth-order valence-electron chi connectivity index (χ4n) is 2.23. The predicted octanol–water partition coefficient (Wildman–Crippen LogP) is 6.70. The Hall–Kier alpha value is 0.290. The quantitative estimate of drug-likeness (QED) is 0.255. The summed E-state index contributed by atoms with van der Waals surface area (Å²) < 4.78 is 0. The fraction of sp³-hybridized carbons (Fsp3) is 1.00. The zero-order valence-corrected chi connectivity index (χ0v) is 12.9. The molecule has 0 N–H and O–H groups in total. The first-order valence-electron chi connectivity index (χ1n) is 7.95. The summed E-state index contributed by atoms with van der Waals surface area (Å²) >= 11 is 6.09. The standard InChI is InChI=1S/C16H33Cl/c1-3-5-6-7-8-9-10-11-12-13-14-15-16(17)4-2/h16H,3-15H2,1-2H3. The molecule has 0 bridgehead atoms. The van der Waals surface area contributed by atoms with Crippen LogP contribution in [-0.4, -0.2) is 5.38 Å². The van der Waals surface area contributed by atoms with Crippen LogP contribution in [0.4, 0.5) is 0 Å². The molecule has 104 valence electrons. The third-order valence-electron chi connectivity index (χ3n) is 3.56. The van der Waals surface area contributed by atoms with Gasteiger partial charge in [0.05, 0.1) is 0 Å². The maximum atomic E-state index is 6.09. The second-order valence-electron chi connectivity index (χ2n) is 5.33. The molecule has 1 unspecified atom stereocenters. The first-order valence-corrected chi connectivity index (χ1v) is 8.39. The van der Waals surface area contributed by atoms with Gasteiger partial charge >= 0.3 is 0 Å². The molecule has 0 aromatic rings. The molecule has 0 nitrogen and oxygen atoms in total. The number of alkyl halides is 1. The van der Waals surface area contributed by atoms with Gasteiger partial charge in [0.15, 0.2) is 0 Å². The van der Waals surface area contributed by atoms with E-state index in [1.807, 2.05) is 0 Å². The highest BCUT2D eigenvalue weighted by molar-refractivity contribution is 6.20. The lowest BCUT2D eigenvalue weighted by Crippen LogP contribution is -1.95. The Bertz CT molecular complexity index is 133. The smallest absolute Gasteiger partial charge is 0.0333 e. The topological polar surface area (TPSA) is 0 Å². The zero-order valence-electron chi connectivity index (χ0n) is 12.1.